The van der Waals surface area contributed by atoms with Crippen LogP contribution in [-0.2, 0) is 0 Å². The van der Waals surface area contributed by atoms with Gasteiger partial charge in [0.2, 0.25) is 0 Å². The molecule has 0 saturated carbocycles. The molecular weight excluding hydrogens is 496 g/mol. The zero-order valence-corrected chi connectivity index (χ0v) is 21.1. The highest BCUT2D eigenvalue weighted by molar-refractivity contribution is 6.33. The van der Waals surface area contributed by atoms with Crippen LogP contribution in [0.5, 0.6) is 0 Å². The number of fused-ring (bicyclic) bond motifs is 4. The maximum absolute atomic E-state index is 6.96. The molecule has 9 heteroatoms. The van der Waals surface area contributed by atoms with Crippen LogP contribution in [0.1, 0.15) is 6.42 Å². The van der Waals surface area contributed by atoms with E-state index in [1.807, 2.05) is 47.2 Å². The van der Waals surface area contributed by atoms with E-state index in [2.05, 4.69) is 49.7 Å². The van der Waals surface area contributed by atoms with E-state index in [0.717, 1.165) is 63.3 Å². The number of pyridine rings is 1. The topological polar surface area (TPSA) is 87.0 Å². The molecule has 6 heterocycles. The van der Waals surface area contributed by atoms with Crippen molar-refractivity contribution < 1.29 is 0 Å². The Kier molecular flexibility index (Phi) is 4.80. The molecule has 4 aromatic heterocycles. The van der Waals surface area contributed by atoms with Crippen LogP contribution in [0.15, 0.2) is 79.4 Å². The summed E-state index contributed by atoms with van der Waals surface area (Å²) in [5, 5.41) is 17.8. The summed E-state index contributed by atoms with van der Waals surface area (Å²) in [6, 6.07) is 19.5. The number of H-pyrrole nitrogens is 1. The molecule has 2 unspecified atom stereocenters. The fourth-order valence-corrected chi connectivity index (χ4v) is 6.33. The Morgan fingerprint density at radius 2 is 1.89 bits per heavy atom. The van der Waals surface area contributed by atoms with Gasteiger partial charge in [0, 0.05) is 66.0 Å². The Morgan fingerprint density at radius 3 is 2.71 bits per heavy atom. The Labute approximate surface area is 223 Å². The van der Waals surface area contributed by atoms with Crippen molar-refractivity contribution in [2.24, 2.45) is 0 Å². The van der Waals surface area contributed by atoms with Gasteiger partial charge in [-0.25, -0.2) is 9.50 Å². The first-order valence-electron chi connectivity index (χ1n) is 12.7. The maximum Gasteiger partial charge on any atom is 0.164 e. The lowest BCUT2D eigenvalue weighted by atomic mass is 9.99. The van der Waals surface area contributed by atoms with Crippen molar-refractivity contribution in [3.05, 3.63) is 84.4 Å². The van der Waals surface area contributed by atoms with E-state index in [9.17, 15) is 0 Å². The SMILES string of the molecule is Clc1cc(N2CC3CC2CN3)ccc1-c1ccnc2c(-c3cccc4[nH]ncc34)c(-c3ccncc3)nn12. The van der Waals surface area contributed by atoms with E-state index in [-0.39, 0.29) is 0 Å². The molecule has 0 radical (unpaired) electrons. The highest BCUT2D eigenvalue weighted by atomic mass is 35.5. The molecule has 2 atom stereocenters. The third-order valence-electron chi connectivity index (χ3n) is 7.84. The second-order valence-corrected chi connectivity index (χ2v) is 10.4. The minimum atomic E-state index is 0.539. The molecule has 2 saturated heterocycles. The summed E-state index contributed by atoms with van der Waals surface area (Å²) in [4.78, 5) is 11.5. The molecule has 0 aliphatic carbocycles. The molecule has 2 aromatic carbocycles. The van der Waals surface area contributed by atoms with Gasteiger partial charge in [0.25, 0.3) is 0 Å². The third kappa shape index (κ3) is 3.27. The quantitative estimate of drug-likeness (QED) is 0.333. The van der Waals surface area contributed by atoms with Crippen LogP contribution in [0, 0.1) is 0 Å². The Balaban J connectivity index is 1.33. The average Bonchev–Trinajstić information content (AvgIpc) is 3.76. The molecule has 6 aromatic rings. The fourth-order valence-electron chi connectivity index (χ4n) is 6.06. The molecule has 2 bridgehead atoms. The van der Waals surface area contributed by atoms with Crippen molar-refractivity contribution in [3.8, 4) is 33.6 Å². The first kappa shape index (κ1) is 21.8. The number of hydrogen-bond donors (Lipinski definition) is 2. The number of nitrogens with zero attached hydrogens (tertiary/aromatic N) is 6. The van der Waals surface area contributed by atoms with E-state index in [1.54, 1.807) is 12.4 Å². The molecular formula is C29H23ClN8. The van der Waals surface area contributed by atoms with Gasteiger partial charge in [-0.1, -0.05) is 23.7 Å². The van der Waals surface area contributed by atoms with Crippen LogP contribution in [0.2, 0.25) is 5.02 Å². The van der Waals surface area contributed by atoms with Crippen molar-refractivity contribution in [2.75, 3.05) is 18.0 Å². The summed E-state index contributed by atoms with van der Waals surface area (Å²) >= 11 is 6.96. The number of aromatic nitrogens is 6. The Bertz CT molecular complexity index is 1830. The monoisotopic (exact) mass is 518 g/mol. The van der Waals surface area contributed by atoms with Crippen LogP contribution in [0.4, 0.5) is 5.69 Å². The van der Waals surface area contributed by atoms with E-state index in [1.165, 1.54) is 12.1 Å². The van der Waals surface area contributed by atoms with Gasteiger partial charge >= 0.3 is 0 Å². The summed E-state index contributed by atoms with van der Waals surface area (Å²) in [5.41, 5.74) is 8.44. The zero-order chi connectivity index (χ0) is 25.2. The second kappa shape index (κ2) is 8.37. The molecule has 8 nitrogen and oxygen atoms in total. The summed E-state index contributed by atoms with van der Waals surface area (Å²) in [6.45, 7) is 2.06. The van der Waals surface area contributed by atoms with Crippen LogP contribution in [0.3, 0.4) is 0 Å². The summed E-state index contributed by atoms with van der Waals surface area (Å²) in [7, 11) is 0. The van der Waals surface area contributed by atoms with Gasteiger partial charge in [0.1, 0.15) is 5.69 Å². The van der Waals surface area contributed by atoms with Crippen LogP contribution < -0.4 is 10.2 Å². The number of aromatic amines is 1. The normalized spacial score (nSPS) is 18.7. The second-order valence-electron chi connectivity index (χ2n) is 9.97. The van der Waals surface area contributed by atoms with Crippen LogP contribution >= 0.6 is 11.6 Å². The largest absolute Gasteiger partial charge is 0.366 e. The van der Waals surface area contributed by atoms with Gasteiger partial charge in [0.15, 0.2) is 5.65 Å². The first-order valence-corrected chi connectivity index (χ1v) is 13.1. The molecule has 186 valence electrons. The third-order valence-corrected chi connectivity index (χ3v) is 8.16. The number of piperazine rings is 1. The molecule has 2 fully saturated rings. The van der Waals surface area contributed by atoms with Crippen molar-refractivity contribution in [1.82, 2.24) is 35.1 Å². The van der Waals surface area contributed by atoms with Crippen molar-refractivity contribution in [1.29, 1.82) is 0 Å². The van der Waals surface area contributed by atoms with Crippen molar-refractivity contribution in [2.45, 2.75) is 18.5 Å². The van der Waals surface area contributed by atoms with Crippen LogP contribution in [0.25, 0.3) is 50.2 Å². The van der Waals surface area contributed by atoms with Gasteiger partial charge in [0.05, 0.1) is 28.0 Å². The maximum atomic E-state index is 6.96. The van der Waals surface area contributed by atoms with E-state index < -0.39 is 0 Å². The zero-order valence-electron chi connectivity index (χ0n) is 20.3. The van der Waals surface area contributed by atoms with Crippen molar-refractivity contribution in [3.63, 3.8) is 0 Å². The lowest BCUT2D eigenvalue weighted by Crippen LogP contribution is -2.43. The molecule has 0 spiro atoms. The van der Waals surface area contributed by atoms with Gasteiger partial charge in [-0.2, -0.15) is 10.2 Å². The molecule has 0 amide bonds. The highest BCUT2D eigenvalue weighted by Gasteiger charge is 2.37. The fraction of sp³-hybridized carbons (Fsp3) is 0.172. The van der Waals surface area contributed by atoms with E-state index in [4.69, 9.17) is 21.7 Å². The summed E-state index contributed by atoms with van der Waals surface area (Å²) in [5.74, 6) is 0. The summed E-state index contributed by atoms with van der Waals surface area (Å²) in [6.07, 6.45) is 8.45. The molecule has 2 N–H and O–H groups in total. The minimum Gasteiger partial charge on any atom is -0.366 e. The predicted molar refractivity (Wildman–Crippen MR) is 149 cm³/mol. The standard InChI is InChI=1S/C29H23ClN8/c30-24-13-19(37-16-18-12-20(37)14-33-18)4-5-22(24)26-8-11-32-29-27(21-2-1-3-25-23(21)15-34-35-25)28(36-38(26)29)17-6-9-31-10-7-17/h1-11,13,15,18,20,33H,12,14,16H2,(H,34,35). The van der Waals surface area contributed by atoms with Gasteiger partial charge in [-0.3, -0.25) is 10.1 Å². The molecule has 8 rings (SSSR count). The number of anilines is 1. The Hall–Kier alpha value is -4.27. The number of hydrogen-bond acceptors (Lipinski definition) is 6. The number of benzene rings is 2. The smallest absolute Gasteiger partial charge is 0.164 e. The first-order chi connectivity index (χ1) is 18.7. The predicted octanol–water partition coefficient (Wildman–Crippen LogP) is 5.21. The Morgan fingerprint density at radius 1 is 0.974 bits per heavy atom. The van der Waals surface area contributed by atoms with Gasteiger partial charge < -0.3 is 10.2 Å². The van der Waals surface area contributed by atoms with Gasteiger partial charge in [-0.05, 0) is 54.4 Å². The van der Waals surface area contributed by atoms with E-state index in [0.29, 0.717) is 17.1 Å². The number of halogens is 1. The average molecular weight is 519 g/mol. The molecule has 2 aliphatic rings. The van der Waals surface area contributed by atoms with Crippen molar-refractivity contribution >= 4 is 33.8 Å². The number of nitrogens with one attached hydrogen (secondary N) is 2. The van der Waals surface area contributed by atoms with Gasteiger partial charge in [-0.15, -0.1) is 0 Å². The minimum absolute atomic E-state index is 0.539. The lowest BCUT2D eigenvalue weighted by molar-refractivity contribution is 0.580. The highest BCUT2D eigenvalue weighted by Crippen LogP contribution is 2.40. The van der Waals surface area contributed by atoms with Crippen LogP contribution in [-0.4, -0.2) is 55.0 Å². The lowest BCUT2D eigenvalue weighted by Gasteiger charge is -2.30. The van der Waals surface area contributed by atoms with E-state index >= 15 is 0 Å². The molecule has 2 aliphatic heterocycles. The molecule has 38 heavy (non-hydrogen) atoms. The number of rotatable bonds is 4. The summed E-state index contributed by atoms with van der Waals surface area (Å²) < 4.78 is 1.91.